The van der Waals surface area contributed by atoms with Crippen LogP contribution in [0.3, 0.4) is 0 Å². The first kappa shape index (κ1) is 5.41. The van der Waals surface area contributed by atoms with Crippen molar-refractivity contribution in [1.29, 1.82) is 17.1 Å². The molecule has 0 N–H and O–H groups in total. The number of hydrogen-bond acceptors (Lipinski definition) is 3. The molecule has 0 aromatic heterocycles. The third-order valence-electron chi connectivity index (χ3n) is 0.660. The molecule has 0 spiro atoms. The van der Waals surface area contributed by atoms with Gasteiger partial charge in [-0.05, 0) is 1.34 Å². The fourth-order valence-corrected chi connectivity index (χ4v) is 0.216. The first-order valence-corrected chi connectivity index (χ1v) is 2.02. The van der Waals surface area contributed by atoms with E-state index in [1.54, 1.807) is 6.07 Å². The Balaban J connectivity index is 4.86. The normalized spacial score (nSPS) is 7.00. The predicted octanol–water partition coefficient (Wildman–Crippen LogP) is -0.556. The second-order valence-corrected chi connectivity index (χ2v) is 1.19. The lowest BCUT2D eigenvalue weighted by Gasteiger charge is -1.78. The lowest BCUT2D eigenvalue weighted by atomic mass is 9.93. The Hall–Kier alpha value is -1.73. The lowest BCUT2D eigenvalue weighted by Crippen LogP contribution is -1.82. The van der Waals surface area contributed by atoms with E-state index < -0.39 is 0 Å². The molecule has 40 valence electrons. The number of nitrogens with zero attached hydrogens (tertiary/aromatic N) is 3. The molecule has 0 aliphatic carbocycles. The maximum Gasteiger partial charge on any atom is 0.156 e. The zero-order chi connectivity index (χ0) is 7.98. The SMILES string of the molecule is [2H]BC(C#N)=C(C#N)C#N. The molecule has 0 amide bonds. The Bertz CT molecular complexity index is 259. The van der Waals surface area contributed by atoms with Gasteiger partial charge in [0.05, 0.1) is 6.07 Å². The van der Waals surface area contributed by atoms with Crippen LogP contribution in [-0.2, 0) is 0 Å². The van der Waals surface area contributed by atoms with Gasteiger partial charge in [-0.25, -0.2) is 0 Å². The highest BCUT2D eigenvalue weighted by molar-refractivity contribution is 6.25. The quantitative estimate of drug-likeness (QED) is 0.340. The topological polar surface area (TPSA) is 71.4 Å². The van der Waals surface area contributed by atoms with Crippen LogP contribution in [0.25, 0.3) is 0 Å². The molecular formula is C5H2BN3. The second-order valence-electron chi connectivity index (χ2n) is 1.19. The summed E-state index contributed by atoms with van der Waals surface area (Å²) < 4.78 is 6.71. The van der Waals surface area contributed by atoms with Gasteiger partial charge in [0.15, 0.2) is 7.81 Å². The van der Waals surface area contributed by atoms with Gasteiger partial charge in [0.2, 0.25) is 0 Å². The summed E-state index contributed by atoms with van der Waals surface area (Å²) in [5, 5.41) is 24.6. The molecule has 0 atom stereocenters. The predicted molar refractivity (Wildman–Crippen MR) is 32.4 cm³/mol. The molecule has 0 aliphatic rings. The second kappa shape index (κ2) is 3.30. The zero-order valence-corrected chi connectivity index (χ0v) is 4.55. The summed E-state index contributed by atoms with van der Waals surface area (Å²) in [4.78, 5) is 0. The van der Waals surface area contributed by atoms with Crippen LogP contribution in [0.1, 0.15) is 0 Å². The van der Waals surface area contributed by atoms with Crippen LogP contribution in [0, 0.1) is 34.0 Å². The van der Waals surface area contributed by atoms with E-state index in [0.29, 0.717) is 0 Å². The molecule has 4 heteroatoms. The van der Waals surface area contributed by atoms with Crippen molar-refractivity contribution in [3.05, 3.63) is 11.0 Å². The van der Waals surface area contributed by atoms with E-state index in [0.717, 1.165) is 0 Å². The third kappa shape index (κ3) is 1.67. The van der Waals surface area contributed by atoms with Gasteiger partial charge >= 0.3 is 0 Å². The van der Waals surface area contributed by atoms with Crippen molar-refractivity contribution in [2.45, 2.75) is 0 Å². The van der Waals surface area contributed by atoms with E-state index in [-0.39, 0.29) is 18.9 Å². The minimum Gasteiger partial charge on any atom is -0.194 e. The smallest absolute Gasteiger partial charge is 0.156 e. The van der Waals surface area contributed by atoms with Crippen LogP contribution in [-0.4, -0.2) is 9.15 Å². The lowest BCUT2D eigenvalue weighted by molar-refractivity contribution is 1.44. The minimum atomic E-state index is -0.313. The Kier molecular flexibility index (Phi) is 1.98. The average molecular weight is 116 g/mol. The van der Waals surface area contributed by atoms with Crippen LogP contribution >= 0.6 is 0 Å². The summed E-state index contributed by atoms with van der Waals surface area (Å²) in [6.07, 6.45) is 0. The third-order valence-corrected chi connectivity index (χ3v) is 0.660. The van der Waals surface area contributed by atoms with Crippen LogP contribution in [0.2, 0.25) is 0 Å². The highest BCUT2D eigenvalue weighted by Crippen LogP contribution is 1.94. The van der Waals surface area contributed by atoms with Crippen molar-refractivity contribution in [3.8, 4) is 18.2 Å². The highest BCUT2D eigenvalue weighted by Gasteiger charge is 1.95. The molecule has 0 saturated heterocycles. The molecule has 0 rings (SSSR count). The maximum atomic E-state index is 8.23. The zero-order valence-electron chi connectivity index (χ0n) is 5.55. The van der Waals surface area contributed by atoms with Crippen molar-refractivity contribution in [1.82, 2.24) is 0 Å². The summed E-state index contributed by atoms with van der Waals surface area (Å²) in [5.41, 5.74) is -0.345. The summed E-state index contributed by atoms with van der Waals surface area (Å²) in [5.74, 6) is 0. The molecule has 0 aliphatic heterocycles. The summed E-state index contributed by atoms with van der Waals surface area (Å²) in [7, 11) is -0.313. The van der Waals surface area contributed by atoms with Gasteiger partial charge in [-0.3, -0.25) is 0 Å². The van der Waals surface area contributed by atoms with Gasteiger partial charge in [-0.1, -0.05) is 0 Å². The van der Waals surface area contributed by atoms with Crippen molar-refractivity contribution in [3.63, 3.8) is 0 Å². The van der Waals surface area contributed by atoms with Crippen molar-refractivity contribution < 1.29 is 0 Å². The standard InChI is InChI=1S/C5H2BN3/c6-5(3-9)4(1-7)2-8/h6H2/i6D. The Morgan fingerprint density at radius 3 is 1.89 bits per heavy atom. The molecule has 0 radical (unpaired) electrons. The maximum absolute atomic E-state index is 8.23. The Morgan fingerprint density at radius 2 is 1.78 bits per heavy atom. The van der Waals surface area contributed by atoms with Crippen molar-refractivity contribution in [2.75, 3.05) is 0 Å². The summed E-state index contributed by atoms with van der Waals surface area (Å²) in [6.45, 7) is 0. The van der Waals surface area contributed by atoms with E-state index >= 15 is 0 Å². The first-order chi connectivity index (χ1) is 4.79. The Morgan fingerprint density at radius 1 is 1.22 bits per heavy atom. The number of hydrogen-bond donors (Lipinski definition) is 0. The molecule has 0 unspecified atom stereocenters. The Labute approximate surface area is 55.2 Å². The molecule has 0 bridgehead atoms. The van der Waals surface area contributed by atoms with E-state index in [9.17, 15) is 0 Å². The number of allylic oxidation sites excluding steroid dienone is 2. The van der Waals surface area contributed by atoms with Crippen molar-refractivity contribution >= 4 is 7.81 Å². The fourth-order valence-electron chi connectivity index (χ4n) is 0.216. The van der Waals surface area contributed by atoms with Crippen LogP contribution in [0.4, 0.5) is 0 Å². The van der Waals surface area contributed by atoms with E-state index in [4.69, 9.17) is 17.1 Å². The van der Waals surface area contributed by atoms with E-state index in [1.165, 1.54) is 12.1 Å². The first-order valence-electron chi connectivity index (χ1n) is 2.73. The molecule has 0 fully saturated rings. The van der Waals surface area contributed by atoms with Gasteiger partial charge < -0.3 is 0 Å². The van der Waals surface area contributed by atoms with Gasteiger partial charge in [0, 0.05) is 5.47 Å². The molecule has 0 saturated carbocycles. The fraction of sp³-hybridized carbons (Fsp3) is 0. The number of nitriles is 3. The van der Waals surface area contributed by atoms with E-state index in [1.807, 2.05) is 0 Å². The summed E-state index contributed by atoms with van der Waals surface area (Å²) >= 11 is 0. The monoisotopic (exact) mass is 116 g/mol. The van der Waals surface area contributed by atoms with Gasteiger partial charge in [0.1, 0.15) is 17.7 Å². The van der Waals surface area contributed by atoms with Gasteiger partial charge in [0.25, 0.3) is 0 Å². The molecule has 9 heavy (non-hydrogen) atoms. The van der Waals surface area contributed by atoms with Crippen molar-refractivity contribution in [2.24, 2.45) is 0 Å². The highest BCUT2D eigenvalue weighted by atomic mass is 14.3. The van der Waals surface area contributed by atoms with Gasteiger partial charge in [-0.2, -0.15) is 15.8 Å². The largest absolute Gasteiger partial charge is 0.194 e. The molecule has 3 nitrogen and oxygen atoms in total. The average Bonchev–Trinajstić information content (AvgIpc) is 2.00. The van der Waals surface area contributed by atoms with E-state index in [2.05, 4.69) is 0 Å². The van der Waals surface area contributed by atoms with Crippen LogP contribution < -0.4 is 0 Å². The molecular weight excluding hydrogens is 113 g/mol. The van der Waals surface area contributed by atoms with Gasteiger partial charge in [-0.15, -0.1) is 0 Å². The van der Waals surface area contributed by atoms with Crippen LogP contribution in [0.5, 0.6) is 0 Å². The molecule has 0 heterocycles. The molecule has 0 aromatic rings. The summed E-state index contributed by atoms with van der Waals surface area (Å²) in [6, 6.07) is 4.66. The van der Waals surface area contributed by atoms with Crippen LogP contribution in [0.15, 0.2) is 11.0 Å². The minimum absolute atomic E-state index is 0.0787. The number of rotatable bonds is 1. The molecule has 0 aromatic carbocycles.